The van der Waals surface area contributed by atoms with Crippen LogP contribution in [0.4, 0.5) is 0 Å². The fraction of sp³-hybridized carbons (Fsp3) is 0.407. The van der Waals surface area contributed by atoms with Crippen LogP contribution in [0.3, 0.4) is 0 Å². The third-order valence-electron chi connectivity index (χ3n) is 6.65. The van der Waals surface area contributed by atoms with Gasteiger partial charge in [0.15, 0.2) is 0 Å². The normalized spacial score (nSPS) is 21.5. The summed E-state index contributed by atoms with van der Waals surface area (Å²) in [6.07, 6.45) is 5.81. The molecule has 1 aliphatic heterocycles. The van der Waals surface area contributed by atoms with Crippen molar-refractivity contribution in [1.82, 2.24) is 15.0 Å². The molecule has 0 unspecified atom stereocenters. The van der Waals surface area contributed by atoms with Gasteiger partial charge in [-0.05, 0) is 69.4 Å². The number of aliphatic hydroxyl groups excluding tert-OH is 1. The van der Waals surface area contributed by atoms with Crippen molar-refractivity contribution < 1.29 is 19.2 Å². The molecule has 1 atom stereocenters. The third-order valence-corrected chi connectivity index (χ3v) is 6.65. The molecule has 2 aromatic rings. The molecule has 1 N–H and O–H groups in total. The number of allylic oxidation sites excluding steroid dienone is 4. The first-order valence-corrected chi connectivity index (χ1v) is 11.9. The fourth-order valence-electron chi connectivity index (χ4n) is 4.94. The maximum Gasteiger partial charge on any atom is 0.258 e. The Hall–Kier alpha value is -3.70. The molecule has 4 rings (SSSR count). The number of carbonyl (C=O) groups excluding carboxylic acids is 1. The zero-order valence-corrected chi connectivity index (χ0v) is 20.4. The van der Waals surface area contributed by atoms with Crippen LogP contribution in [0.5, 0.6) is 5.75 Å². The van der Waals surface area contributed by atoms with Crippen molar-refractivity contribution in [2.75, 3.05) is 19.7 Å². The molecular weight excluding hydrogens is 444 g/mol. The number of carbonyl (C=O) groups is 1. The first-order chi connectivity index (χ1) is 16.8. The number of β-amino-alcohol motifs (C(OH)–C–C–N with tert-alkyl or cyclic N) is 1. The van der Waals surface area contributed by atoms with E-state index in [0.29, 0.717) is 60.9 Å². The molecule has 0 radical (unpaired) electrons. The Bertz CT molecular complexity index is 1250. The summed E-state index contributed by atoms with van der Waals surface area (Å²) < 4.78 is 11.3. The summed E-state index contributed by atoms with van der Waals surface area (Å²) in [7, 11) is 0. The van der Waals surface area contributed by atoms with Crippen LogP contribution in [-0.2, 0) is 4.79 Å². The van der Waals surface area contributed by atoms with Crippen LogP contribution in [0.2, 0.25) is 0 Å². The molecule has 1 saturated carbocycles. The Labute approximate surface area is 205 Å². The van der Waals surface area contributed by atoms with Gasteiger partial charge in [0, 0.05) is 24.2 Å². The van der Waals surface area contributed by atoms with E-state index in [1.165, 1.54) is 0 Å². The molecule has 8 heteroatoms. The number of amides is 1. The molecule has 2 fully saturated rings. The largest absolute Gasteiger partial charge is 0.490 e. The van der Waals surface area contributed by atoms with Crippen molar-refractivity contribution >= 4 is 11.5 Å². The Morgan fingerprint density at radius 3 is 2.91 bits per heavy atom. The number of hydrogen-bond acceptors (Lipinski definition) is 7. The van der Waals surface area contributed by atoms with Gasteiger partial charge in [-0.3, -0.25) is 4.79 Å². The number of hydrogen-bond donors (Lipinski definition) is 1. The predicted molar refractivity (Wildman–Crippen MR) is 131 cm³/mol. The third kappa shape index (κ3) is 4.40. The SMILES string of the molecule is C=C1/C(=C(\C=C/C)c2noc(-c3ccc(OC(C)C)c(C#N)c3)n2)CC[C@@]12CCN(CCO)C2=O. The highest BCUT2D eigenvalue weighted by Gasteiger charge is 2.52. The van der Waals surface area contributed by atoms with Gasteiger partial charge in [-0.2, -0.15) is 10.2 Å². The monoisotopic (exact) mass is 474 g/mol. The lowest BCUT2D eigenvalue weighted by Crippen LogP contribution is -2.35. The second-order valence-electron chi connectivity index (χ2n) is 9.13. The van der Waals surface area contributed by atoms with E-state index < -0.39 is 5.41 Å². The summed E-state index contributed by atoms with van der Waals surface area (Å²) in [6.45, 7) is 11.0. The van der Waals surface area contributed by atoms with E-state index in [4.69, 9.17) is 9.26 Å². The lowest BCUT2D eigenvalue weighted by Gasteiger charge is -2.24. The van der Waals surface area contributed by atoms with E-state index in [1.807, 2.05) is 32.9 Å². The minimum atomic E-state index is -0.627. The van der Waals surface area contributed by atoms with Gasteiger partial charge in [0.25, 0.3) is 5.89 Å². The van der Waals surface area contributed by atoms with Crippen molar-refractivity contribution in [1.29, 1.82) is 5.26 Å². The molecule has 2 heterocycles. The van der Waals surface area contributed by atoms with Gasteiger partial charge in [-0.15, -0.1) is 0 Å². The Morgan fingerprint density at radius 1 is 1.43 bits per heavy atom. The number of benzene rings is 1. The average molecular weight is 475 g/mol. The van der Waals surface area contributed by atoms with Crippen molar-refractivity contribution in [2.24, 2.45) is 5.41 Å². The minimum Gasteiger partial charge on any atom is -0.490 e. The molecule has 1 amide bonds. The maximum atomic E-state index is 13.2. The molecule has 1 spiro atoms. The standard InChI is InChI=1S/C27H30N4O4/c1-5-6-22(21-9-10-27(18(21)4)11-12-31(13-14-32)26(27)33)24-29-25(35-30-24)19-7-8-23(34-17(2)3)20(15-19)16-28/h5-8,15,17,32H,4,9-14H2,1-3H3/b6-5-,22-21+/t27-/m1/s1. The van der Waals surface area contributed by atoms with Gasteiger partial charge < -0.3 is 19.3 Å². The summed E-state index contributed by atoms with van der Waals surface area (Å²) >= 11 is 0. The highest BCUT2D eigenvalue weighted by Crippen LogP contribution is 2.53. The molecule has 1 saturated heterocycles. The van der Waals surface area contributed by atoms with Crippen LogP contribution >= 0.6 is 0 Å². The van der Waals surface area contributed by atoms with Crippen LogP contribution in [0, 0.1) is 16.7 Å². The number of likely N-dealkylation sites (tertiary alicyclic amines) is 1. The van der Waals surface area contributed by atoms with Crippen molar-refractivity contribution in [3.05, 3.63) is 59.5 Å². The zero-order chi connectivity index (χ0) is 25.2. The van der Waals surface area contributed by atoms with Gasteiger partial charge >= 0.3 is 0 Å². The maximum absolute atomic E-state index is 13.2. The molecule has 1 aromatic heterocycles. The lowest BCUT2D eigenvalue weighted by molar-refractivity contribution is -0.134. The van der Waals surface area contributed by atoms with E-state index in [0.717, 1.165) is 16.7 Å². The van der Waals surface area contributed by atoms with Crippen LogP contribution in [0.1, 0.15) is 51.4 Å². The van der Waals surface area contributed by atoms with Crippen molar-refractivity contribution in [3.8, 4) is 23.3 Å². The molecule has 0 bridgehead atoms. The Balaban J connectivity index is 1.67. The number of aromatic nitrogens is 2. The lowest BCUT2D eigenvalue weighted by atomic mass is 9.80. The van der Waals surface area contributed by atoms with E-state index in [2.05, 4.69) is 22.8 Å². The number of nitrogens with zero attached hydrogens (tertiary/aromatic N) is 4. The summed E-state index contributed by atoms with van der Waals surface area (Å²) in [6, 6.07) is 7.35. The van der Waals surface area contributed by atoms with E-state index >= 15 is 0 Å². The van der Waals surface area contributed by atoms with Crippen LogP contribution < -0.4 is 4.74 Å². The van der Waals surface area contributed by atoms with Gasteiger partial charge in [0.1, 0.15) is 11.8 Å². The van der Waals surface area contributed by atoms with Gasteiger partial charge in [-0.25, -0.2) is 0 Å². The Morgan fingerprint density at radius 2 is 2.23 bits per heavy atom. The fourth-order valence-corrected chi connectivity index (χ4v) is 4.94. The molecule has 2 aliphatic rings. The summed E-state index contributed by atoms with van der Waals surface area (Å²) in [5, 5.41) is 23.1. The summed E-state index contributed by atoms with van der Waals surface area (Å²) in [5.41, 5.74) is 2.91. The molecule has 35 heavy (non-hydrogen) atoms. The van der Waals surface area contributed by atoms with E-state index in [1.54, 1.807) is 23.1 Å². The van der Waals surface area contributed by atoms with E-state index in [9.17, 15) is 15.2 Å². The number of ether oxygens (including phenoxy) is 1. The summed E-state index contributed by atoms with van der Waals surface area (Å²) in [4.78, 5) is 19.5. The average Bonchev–Trinajstić information content (AvgIpc) is 3.53. The number of rotatable bonds is 7. The van der Waals surface area contributed by atoms with Crippen molar-refractivity contribution in [3.63, 3.8) is 0 Å². The second kappa shape index (κ2) is 9.88. The Kier molecular flexibility index (Phi) is 6.90. The summed E-state index contributed by atoms with van der Waals surface area (Å²) in [5.74, 6) is 1.24. The molecule has 8 nitrogen and oxygen atoms in total. The molecule has 1 aromatic carbocycles. The molecular formula is C27H30N4O4. The van der Waals surface area contributed by atoms with Gasteiger partial charge in [0.05, 0.1) is 23.7 Å². The smallest absolute Gasteiger partial charge is 0.258 e. The highest BCUT2D eigenvalue weighted by molar-refractivity contribution is 5.92. The number of nitriles is 1. The second-order valence-corrected chi connectivity index (χ2v) is 9.13. The van der Waals surface area contributed by atoms with Crippen LogP contribution in [-0.4, -0.2) is 51.9 Å². The van der Waals surface area contributed by atoms with Gasteiger partial charge in [0.2, 0.25) is 11.7 Å². The zero-order valence-electron chi connectivity index (χ0n) is 20.4. The van der Waals surface area contributed by atoms with E-state index in [-0.39, 0.29) is 18.6 Å². The number of aliphatic hydroxyl groups is 1. The first-order valence-electron chi connectivity index (χ1n) is 11.9. The van der Waals surface area contributed by atoms with Crippen molar-refractivity contribution in [2.45, 2.75) is 46.1 Å². The predicted octanol–water partition coefficient (Wildman–Crippen LogP) is 4.29. The van der Waals surface area contributed by atoms with Crippen LogP contribution in [0.25, 0.3) is 17.0 Å². The minimum absolute atomic E-state index is 0.0351. The molecule has 182 valence electrons. The van der Waals surface area contributed by atoms with Crippen LogP contribution in [0.15, 0.2) is 52.6 Å². The molecule has 1 aliphatic carbocycles. The highest BCUT2D eigenvalue weighted by atomic mass is 16.5. The topological polar surface area (TPSA) is 112 Å². The van der Waals surface area contributed by atoms with Gasteiger partial charge in [-0.1, -0.05) is 23.9 Å². The quantitative estimate of drug-likeness (QED) is 0.637. The first kappa shape index (κ1) is 24.4.